The zero-order valence-electron chi connectivity index (χ0n) is 13.5. The molecule has 0 saturated heterocycles. The summed E-state index contributed by atoms with van der Waals surface area (Å²) < 4.78 is 19.1. The van der Waals surface area contributed by atoms with Crippen LogP contribution < -0.4 is 0 Å². The van der Waals surface area contributed by atoms with Gasteiger partial charge in [0, 0.05) is 11.1 Å². The fourth-order valence-corrected chi connectivity index (χ4v) is 3.16. The fraction of sp³-hybridized carbons (Fsp3) is 0.158. The van der Waals surface area contributed by atoms with Crippen LogP contribution in [-0.2, 0) is 4.79 Å². The van der Waals surface area contributed by atoms with E-state index in [1.807, 2.05) is 30.3 Å². The van der Waals surface area contributed by atoms with Gasteiger partial charge in [0.2, 0.25) is 0 Å². The molecule has 2 aromatic carbocycles. The van der Waals surface area contributed by atoms with Gasteiger partial charge in [0.25, 0.3) is 5.22 Å². The molecule has 0 spiro atoms. The van der Waals surface area contributed by atoms with Gasteiger partial charge in [-0.25, -0.2) is 9.37 Å². The molecule has 1 atom stereocenters. The average molecular weight is 357 g/mol. The van der Waals surface area contributed by atoms with Crippen LogP contribution in [0.25, 0.3) is 22.6 Å². The normalized spacial score (nSPS) is 12.1. The Morgan fingerprint density at radius 1 is 1.16 bits per heavy atom. The van der Waals surface area contributed by atoms with E-state index in [0.29, 0.717) is 23.4 Å². The number of benzene rings is 2. The number of carbonyl (C=O) groups is 1. The average Bonchev–Trinajstić information content (AvgIpc) is 3.05. The summed E-state index contributed by atoms with van der Waals surface area (Å²) in [4.78, 5) is 15.8. The second-order valence-electron chi connectivity index (χ2n) is 5.38. The Morgan fingerprint density at radius 3 is 2.44 bits per heavy atom. The molecule has 0 bridgehead atoms. The van der Waals surface area contributed by atoms with Crippen LogP contribution in [0.1, 0.15) is 13.3 Å². The highest BCUT2D eigenvalue weighted by Gasteiger charge is 2.23. The van der Waals surface area contributed by atoms with E-state index in [2.05, 4.69) is 4.98 Å². The molecule has 1 unspecified atom stereocenters. The van der Waals surface area contributed by atoms with Gasteiger partial charge in [0.05, 0.1) is 0 Å². The van der Waals surface area contributed by atoms with Gasteiger partial charge in [-0.15, -0.1) is 0 Å². The lowest BCUT2D eigenvalue weighted by molar-refractivity contribution is -0.136. The highest BCUT2D eigenvalue weighted by molar-refractivity contribution is 8.00. The number of thioether (sulfide) groups is 1. The van der Waals surface area contributed by atoms with Crippen molar-refractivity contribution in [2.24, 2.45) is 0 Å². The number of nitrogens with zero attached hydrogens (tertiary/aromatic N) is 1. The van der Waals surface area contributed by atoms with E-state index in [1.165, 1.54) is 12.1 Å². The molecule has 1 N–H and O–H groups in total. The van der Waals surface area contributed by atoms with E-state index >= 15 is 0 Å². The maximum absolute atomic E-state index is 13.2. The van der Waals surface area contributed by atoms with E-state index in [-0.39, 0.29) is 11.0 Å². The fourth-order valence-electron chi connectivity index (χ4n) is 2.37. The molecule has 3 rings (SSSR count). The summed E-state index contributed by atoms with van der Waals surface area (Å²) in [5.74, 6) is -0.750. The molecule has 0 saturated carbocycles. The molecule has 0 fully saturated rings. The largest absolute Gasteiger partial charge is 0.480 e. The van der Waals surface area contributed by atoms with E-state index in [9.17, 15) is 14.3 Å². The second-order valence-corrected chi connectivity index (χ2v) is 6.54. The van der Waals surface area contributed by atoms with Gasteiger partial charge in [-0.05, 0) is 30.7 Å². The number of oxazole rings is 1. The van der Waals surface area contributed by atoms with Gasteiger partial charge in [0.1, 0.15) is 16.8 Å². The van der Waals surface area contributed by atoms with Crippen LogP contribution in [0.4, 0.5) is 4.39 Å². The first kappa shape index (κ1) is 17.2. The zero-order chi connectivity index (χ0) is 17.8. The predicted molar refractivity (Wildman–Crippen MR) is 94.9 cm³/mol. The van der Waals surface area contributed by atoms with Gasteiger partial charge in [-0.2, -0.15) is 0 Å². The lowest BCUT2D eigenvalue weighted by Gasteiger charge is -2.04. The van der Waals surface area contributed by atoms with Gasteiger partial charge in [-0.3, -0.25) is 4.79 Å². The minimum atomic E-state index is -0.907. The number of hydrogen-bond donors (Lipinski definition) is 1. The number of aliphatic carboxylic acids is 1. The Labute approximate surface area is 148 Å². The number of carboxylic acids is 1. The number of rotatable bonds is 6. The topological polar surface area (TPSA) is 63.3 Å². The highest BCUT2D eigenvalue weighted by Crippen LogP contribution is 2.37. The molecule has 0 radical (unpaired) electrons. The second kappa shape index (κ2) is 7.53. The van der Waals surface area contributed by atoms with Crippen molar-refractivity contribution in [3.8, 4) is 22.6 Å². The minimum Gasteiger partial charge on any atom is -0.480 e. The summed E-state index contributed by atoms with van der Waals surface area (Å²) in [5.41, 5.74) is 2.14. The van der Waals surface area contributed by atoms with Crippen LogP contribution in [0.2, 0.25) is 0 Å². The van der Waals surface area contributed by atoms with Crippen molar-refractivity contribution < 1.29 is 18.7 Å². The highest BCUT2D eigenvalue weighted by atomic mass is 32.2. The first-order valence-electron chi connectivity index (χ1n) is 7.80. The first-order valence-corrected chi connectivity index (χ1v) is 8.68. The molecule has 1 aromatic heterocycles. The third-order valence-electron chi connectivity index (χ3n) is 3.65. The Balaban J connectivity index is 2.05. The standard InChI is InChI=1S/C19H16FNO3S/c1-2-15(18(22)23)25-19-21-16(12-6-4-3-5-7-12)17(24-19)13-8-10-14(20)11-9-13/h3-11,15H,2H2,1H3,(H,22,23). The quantitative estimate of drug-likeness (QED) is 0.622. The van der Waals surface area contributed by atoms with Crippen LogP contribution in [-0.4, -0.2) is 21.3 Å². The molecule has 6 heteroatoms. The van der Waals surface area contributed by atoms with Crippen LogP contribution in [0.15, 0.2) is 64.2 Å². The molecule has 0 aliphatic rings. The maximum atomic E-state index is 13.2. The van der Waals surface area contributed by atoms with Crippen molar-refractivity contribution in [1.29, 1.82) is 0 Å². The molecule has 4 nitrogen and oxygen atoms in total. The molecule has 25 heavy (non-hydrogen) atoms. The lowest BCUT2D eigenvalue weighted by atomic mass is 10.1. The summed E-state index contributed by atoms with van der Waals surface area (Å²) in [6, 6.07) is 15.4. The molecular weight excluding hydrogens is 341 g/mol. The predicted octanol–water partition coefficient (Wildman–Crippen LogP) is 5.10. The third kappa shape index (κ3) is 3.91. The summed E-state index contributed by atoms with van der Waals surface area (Å²) in [5, 5.41) is 8.89. The van der Waals surface area contributed by atoms with Crippen LogP contribution in [0.5, 0.6) is 0 Å². The Hall–Kier alpha value is -2.60. The number of aromatic nitrogens is 1. The van der Waals surface area contributed by atoms with E-state index in [1.54, 1.807) is 19.1 Å². The zero-order valence-corrected chi connectivity index (χ0v) is 14.3. The molecule has 1 heterocycles. The van der Waals surface area contributed by atoms with Gasteiger partial charge in [-0.1, -0.05) is 49.0 Å². The van der Waals surface area contributed by atoms with E-state index < -0.39 is 11.2 Å². The molecule has 0 aliphatic carbocycles. The molecule has 0 amide bonds. The van der Waals surface area contributed by atoms with Gasteiger partial charge in [0.15, 0.2) is 5.76 Å². The van der Waals surface area contributed by atoms with Gasteiger partial charge < -0.3 is 9.52 Å². The number of hydrogen-bond acceptors (Lipinski definition) is 4. The summed E-state index contributed by atoms with van der Waals surface area (Å²) in [6.45, 7) is 1.80. The number of carboxylic acid groups (broad SMARTS) is 1. The van der Waals surface area contributed by atoms with Crippen molar-refractivity contribution in [3.05, 3.63) is 60.4 Å². The van der Waals surface area contributed by atoms with Crippen LogP contribution >= 0.6 is 11.8 Å². The number of halogens is 1. The van der Waals surface area contributed by atoms with Crippen LogP contribution in [0.3, 0.4) is 0 Å². The van der Waals surface area contributed by atoms with Crippen molar-refractivity contribution >= 4 is 17.7 Å². The summed E-state index contributed by atoms with van der Waals surface area (Å²) in [7, 11) is 0. The summed E-state index contributed by atoms with van der Waals surface area (Å²) >= 11 is 1.07. The first-order chi connectivity index (χ1) is 12.1. The summed E-state index contributed by atoms with van der Waals surface area (Å²) in [6.07, 6.45) is 0.453. The lowest BCUT2D eigenvalue weighted by Crippen LogP contribution is -2.14. The Bertz CT molecular complexity index is 862. The van der Waals surface area contributed by atoms with Crippen molar-refractivity contribution in [2.75, 3.05) is 0 Å². The smallest absolute Gasteiger partial charge is 0.317 e. The SMILES string of the molecule is CCC(Sc1nc(-c2ccccc2)c(-c2ccc(F)cc2)o1)C(=O)O. The monoisotopic (exact) mass is 357 g/mol. The molecular formula is C19H16FNO3S. The van der Waals surface area contributed by atoms with Crippen molar-refractivity contribution in [1.82, 2.24) is 4.98 Å². The third-order valence-corrected chi connectivity index (χ3v) is 4.85. The molecule has 0 aliphatic heterocycles. The Kier molecular flexibility index (Phi) is 5.19. The van der Waals surface area contributed by atoms with Crippen LogP contribution in [0, 0.1) is 5.82 Å². The van der Waals surface area contributed by atoms with E-state index in [4.69, 9.17) is 4.42 Å². The molecule has 3 aromatic rings. The Morgan fingerprint density at radius 2 is 1.84 bits per heavy atom. The van der Waals surface area contributed by atoms with Gasteiger partial charge >= 0.3 is 5.97 Å². The van der Waals surface area contributed by atoms with Crippen molar-refractivity contribution in [2.45, 2.75) is 23.8 Å². The minimum absolute atomic E-state index is 0.285. The maximum Gasteiger partial charge on any atom is 0.317 e. The van der Waals surface area contributed by atoms with E-state index in [0.717, 1.165) is 17.3 Å². The molecule has 128 valence electrons. The van der Waals surface area contributed by atoms with Crippen molar-refractivity contribution in [3.63, 3.8) is 0 Å².